The van der Waals surface area contributed by atoms with E-state index in [2.05, 4.69) is 68.3 Å². The van der Waals surface area contributed by atoms with E-state index in [0.717, 1.165) is 64.3 Å². The van der Waals surface area contributed by atoms with Crippen LogP contribution in [0.15, 0.2) is 103 Å². The van der Waals surface area contributed by atoms with Gasteiger partial charge in [-0.2, -0.15) is 0 Å². The van der Waals surface area contributed by atoms with Gasteiger partial charge in [0.2, 0.25) is 0 Å². The molecule has 6 rings (SSSR count). The van der Waals surface area contributed by atoms with E-state index in [-0.39, 0.29) is 0 Å². The average molecular weight is 518 g/mol. The van der Waals surface area contributed by atoms with E-state index in [4.69, 9.17) is 8.83 Å². The van der Waals surface area contributed by atoms with E-state index in [1.165, 1.54) is 0 Å². The predicted molar refractivity (Wildman–Crippen MR) is 130 cm³/mol. The van der Waals surface area contributed by atoms with Crippen molar-refractivity contribution in [2.75, 3.05) is 0 Å². The molecule has 0 radical (unpaired) electrons. The molecule has 4 aromatic carbocycles. The van der Waals surface area contributed by atoms with Gasteiger partial charge in [0.05, 0.1) is 0 Å². The van der Waals surface area contributed by atoms with Crippen molar-refractivity contribution in [1.29, 1.82) is 0 Å². The molecule has 0 N–H and O–H groups in total. The van der Waals surface area contributed by atoms with Crippen LogP contribution < -0.4 is 0 Å². The summed E-state index contributed by atoms with van der Waals surface area (Å²) in [5, 5.41) is 4.48. The van der Waals surface area contributed by atoms with Gasteiger partial charge in [-0.1, -0.05) is 60.7 Å². The first-order valence-corrected chi connectivity index (χ1v) is 11.2. The Labute approximate surface area is 189 Å². The molecule has 2 aromatic heterocycles. The van der Waals surface area contributed by atoms with Crippen molar-refractivity contribution in [1.82, 2.24) is 0 Å². The summed E-state index contributed by atoms with van der Waals surface area (Å²) in [5.41, 5.74) is 6.09. The van der Waals surface area contributed by atoms with Crippen LogP contribution in [0.5, 0.6) is 0 Å². The maximum Gasteiger partial charge on any atom is 0.178 e. The van der Waals surface area contributed by atoms with Crippen LogP contribution in [0.1, 0.15) is 0 Å². The lowest BCUT2D eigenvalue weighted by Gasteiger charge is -2.06. The minimum atomic E-state index is 0.743. The first-order chi connectivity index (χ1) is 14.7. The highest BCUT2D eigenvalue weighted by molar-refractivity contribution is 9.10. The summed E-state index contributed by atoms with van der Waals surface area (Å²) in [7, 11) is 0. The summed E-state index contributed by atoms with van der Waals surface area (Å²) < 4.78 is 13.6. The van der Waals surface area contributed by atoms with Gasteiger partial charge in [-0.3, -0.25) is 0 Å². The SMILES string of the molecule is Brc1oc2ccc3c(ccc4oc(Br)c(-c5ccccc5)c43)c2c1-c1ccccc1. The number of hydrogen-bond donors (Lipinski definition) is 0. The smallest absolute Gasteiger partial charge is 0.178 e. The zero-order chi connectivity index (χ0) is 20.2. The van der Waals surface area contributed by atoms with Crippen molar-refractivity contribution in [2.45, 2.75) is 0 Å². The van der Waals surface area contributed by atoms with Crippen LogP contribution in [-0.4, -0.2) is 0 Å². The summed E-state index contributed by atoms with van der Waals surface area (Å²) in [6, 6.07) is 29.0. The Balaban J connectivity index is 1.78. The van der Waals surface area contributed by atoms with Crippen molar-refractivity contribution < 1.29 is 8.83 Å². The van der Waals surface area contributed by atoms with Crippen LogP contribution in [0.2, 0.25) is 0 Å². The lowest BCUT2D eigenvalue weighted by Crippen LogP contribution is -1.82. The second kappa shape index (κ2) is 6.86. The number of furan rings is 2. The number of hydrogen-bond acceptors (Lipinski definition) is 2. The van der Waals surface area contributed by atoms with Crippen LogP contribution in [0.3, 0.4) is 0 Å². The van der Waals surface area contributed by atoms with Crippen molar-refractivity contribution in [3.8, 4) is 22.3 Å². The summed E-state index contributed by atoms with van der Waals surface area (Å²) in [6.07, 6.45) is 0. The quantitative estimate of drug-likeness (QED) is 0.229. The van der Waals surface area contributed by atoms with E-state index >= 15 is 0 Å². The fourth-order valence-corrected chi connectivity index (χ4v) is 5.47. The van der Waals surface area contributed by atoms with Gasteiger partial charge >= 0.3 is 0 Å². The molecule has 0 aliphatic carbocycles. The van der Waals surface area contributed by atoms with E-state index in [1.807, 2.05) is 48.5 Å². The molecule has 4 heteroatoms. The van der Waals surface area contributed by atoms with E-state index in [0.29, 0.717) is 0 Å². The van der Waals surface area contributed by atoms with Crippen LogP contribution in [-0.2, 0) is 0 Å². The molecule has 0 saturated heterocycles. The second-order valence-corrected chi connectivity index (χ2v) is 8.65. The van der Waals surface area contributed by atoms with Crippen molar-refractivity contribution in [3.05, 3.63) is 94.3 Å². The Kier molecular flexibility index (Phi) is 4.12. The van der Waals surface area contributed by atoms with Gasteiger partial charge in [-0.25, -0.2) is 0 Å². The third kappa shape index (κ3) is 2.60. The Morgan fingerprint density at radius 3 is 1.27 bits per heavy atom. The number of halogens is 2. The van der Waals surface area contributed by atoms with Gasteiger partial charge in [0.1, 0.15) is 11.2 Å². The molecular weight excluding hydrogens is 504 g/mol. The number of fused-ring (bicyclic) bond motifs is 5. The van der Waals surface area contributed by atoms with Gasteiger partial charge < -0.3 is 8.83 Å². The molecule has 0 aliphatic rings. The summed E-state index contributed by atoms with van der Waals surface area (Å²) in [5.74, 6) is 0. The molecular formula is C26H14Br2O2. The zero-order valence-electron chi connectivity index (χ0n) is 15.7. The molecule has 2 heterocycles. The zero-order valence-corrected chi connectivity index (χ0v) is 18.8. The second-order valence-electron chi connectivity index (χ2n) is 7.21. The molecule has 0 fully saturated rings. The van der Waals surface area contributed by atoms with Gasteiger partial charge in [-0.15, -0.1) is 0 Å². The molecule has 2 nitrogen and oxygen atoms in total. The molecule has 0 spiro atoms. The molecule has 0 atom stereocenters. The largest absolute Gasteiger partial charge is 0.449 e. The van der Waals surface area contributed by atoms with E-state index in [9.17, 15) is 0 Å². The van der Waals surface area contributed by atoms with Crippen LogP contribution in [0.25, 0.3) is 55.0 Å². The van der Waals surface area contributed by atoms with Gasteiger partial charge in [0, 0.05) is 21.9 Å². The molecule has 0 saturated carbocycles. The third-order valence-corrected chi connectivity index (χ3v) is 6.66. The minimum absolute atomic E-state index is 0.743. The van der Waals surface area contributed by atoms with E-state index in [1.54, 1.807) is 0 Å². The third-order valence-electron chi connectivity index (χ3n) is 5.54. The number of benzene rings is 4. The normalized spacial score (nSPS) is 11.7. The number of rotatable bonds is 2. The molecule has 30 heavy (non-hydrogen) atoms. The predicted octanol–water partition coefficient (Wildman–Crippen LogP) is 9.19. The highest BCUT2D eigenvalue weighted by Crippen LogP contribution is 2.46. The molecule has 0 bridgehead atoms. The fraction of sp³-hybridized carbons (Fsp3) is 0. The van der Waals surface area contributed by atoms with Crippen molar-refractivity contribution in [2.24, 2.45) is 0 Å². The first kappa shape index (κ1) is 18.0. The molecule has 6 aromatic rings. The summed E-state index contributed by atoms with van der Waals surface area (Å²) in [6.45, 7) is 0. The summed E-state index contributed by atoms with van der Waals surface area (Å²) in [4.78, 5) is 0. The topological polar surface area (TPSA) is 26.3 Å². The molecule has 0 unspecified atom stereocenters. The van der Waals surface area contributed by atoms with Gasteiger partial charge in [-0.05, 0) is 78.0 Å². The Bertz CT molecular complexity index is 1430. The molecule has 0 amide bonds. The average Bonchev–Trinajstić information content (AvgIpc) is 3.30. The Morgan fingerprint density at radius 1 is 0.467 bits per heavy atom. The lowest BCUT2D eigenvalue weighted by atomic mass is 9.95. The van der Waals surface area contributed by atoms with Crippen molar-refractivity contribution in [3.63, 3.8) is 0 Å². The van der Waals surface area contributed by atoms with Crippen LogP contribution in [0, 0.1) is 0 Å². The monoisotopic (exact) mass is 516 g/mol. The standard InChI is InChI=1S/C26H14Br2O2/c27-25-21(15-7-3-1-4-8-15)23-17-11-14-20-24(18(17)12-13-19(23)29-25)22(26(28)30-20)16-9-5-2-6-10-16/h1-14H. The van der Waals surface area contributed by atoms with Crippen LogP contribution in [0.4, 0.5) is 0 Å². The minimum Gasteiger partial charge on any atom is -0.449 e. The van der Waals surface area contributed by atoms with Crippen LogP contribution >= 0.6 is 31.9 Å². The van der Waals surface area contributed by atoms with E-state index < -0.39 is 0 Å². The van der Waals surface area contributed by atoms with Crippen molar-refractivity contribution >= 4 is 64.6 Å². The lowest BCUT2D eigenvalue weighted by molar-refractivity contribution is 0.588. The first-order valence-electron chi connectivity index (χ1n) is 9.59. The summed E-state index contributed by atoms with van der Waals surface area (Å²) >= 11 is 7.29. The molecule has 0 aliphatic heterocycles. The Hall–Kier alpha value is -2.82. The van der Waals surface area contributed by atoms with Gasteiger partial charge in [0.15, 0.2) is 9.34 Å². The Morgan fingerprint density at radius 2 is 0.867 bits per heavy atom. The fourth-order valence-electron chi connectivity index (χ4n) is 4.27. The highest BCUT2D eigenvalue weighted by atomic mass is 79.9. The highest BCUT2D eigenvalue weighted by Gasteiger charge is 2.21. The maximum absolute atomic E-state index is 6.08. The maximum atomic E-state index is 6.08. The van der Waals surface area contributed by atoms with Gasteiger partial charge in [0.25, 0.3) is 0 Å². The molecule has 144 valence electrons.